The molecule has 2 aromatic carbocycles. The number of fused-ring (bicyclic) bond motifs is 1. The molecule has 0 saturated carbocycles. The van der Waals surface area contributed by atoms with E-state index in [4.69, 9.17) is 9.47 Å². The first-order valence-corrected chi connectivity index (χ1v) is 8.08. The quantitative estimate of drug-likeness (QED) is 0.389. The van der Waals surface area contributed by atoms with Gasteiger partial charge in [0.05, 0.1) is 0 Å². The molecule has 5 nitrogen and oxygen atoms in total. The second-order valence-electron chi connectivity index (χ2n) is 5.51. The summed E-state index contributed by atoms with van der Waals surface area (Å²) >= 11 is 0. The van der Waals surface area contributed by atoms with Crippen LogP contribution in [0.1, 0.15) is 15.9 Å². The number of carbonyl (C=O) groups excluding carboxylic acids is 1. The summed E-state index contributed by atoms with van der Waals surface area (Å²) in [5, 5.41) is 0. The van der Waals surface area contributed by atoms with Gasteiger partial charge in [0.15, 0.2) is 17.3 Å². The van der Waals surface area contributed by atoms with Gasteiger partial charge in [-0.2, -0.15) is 17.6 Å². The third-order valence-electron chi connectivity index (χ3n) is 3.67. The maximum atomic E-state index is 12.6. The third kappa shape index (κ3) is 4.93. The van der Waals surface area contributed by atoms with Crippen LogP contribution in [0.25, 0.3) is 6.08 Å². The molecule has 1 heterocycles. The van der Waals surface area contributed by atoms with Crippen LogP contribution in [0.4, 0.5) is 17.6 Å². The molecule has 148 valence electrons. The fourth-order valence-corrected chi connectivity index (χ4v) is 2.48. The van der Waals surface area contributed by atoms with Gasteiger partial charge in [-0.15, -0.1) is 0 Å². The number of rotatable bonds is 7. The Bertz CT molecular complexity index is 883. The lowest BCUT2D eigenvalue weighted by Crippen LogP contribution is -2.15. The lowest BCUT2D eigenvalue weighted by molar-refractivity contribution is -0.0543. The van der Waals surface area contributed by atoms with Gasteiger partial charge in [-0.3, -0.25) is 4.79 Å². The summed E-state index contributed by atoms with van der Waals surface area (Å²) in [7, 11) is 0. The average molecular weight is 398 g/mol. The van der Waals surface area contributed by atoms with Crippen LogP contribution in [0.3, 0.4) is 0 Å². The Kier molecular flexibility index (Phi) is 6.03. The highest BCUT2D eigenvalue weighted by Crippen LogP contribution is 2.32. The molecule has 1 aliphatic heterocycles. The summed E-state index contributed by atoms with van der Waals surface area (Å²) in [5.41, 5.74) is 0.391. The number of carbonyl (C=O) groups is 1. The van der Waals surface area contributed by atoms with Gasteiger partial charge >= 0.3 is 13.2 Å². The van der Waals surface area contributed by atoms with E-state index in [-0.39, 0.29) is 11.3 Å². The zero-order valence-electron chi connectivity index (χ0n) is 14.2. The molecule has 0 bridgehead atoms. The van der Waals surface area contributed by atoms with Gasteiger partial charge in [-0.05, 0) is 42.5 Å². The topological polar surface area (TPSA) is 54.0 Å². The fourth-order valence-electron chi connectivity index (χ4n) is 2.48. The lowest BCUT2D eigenvalue weighted by atomic mass is 10.1. The highest BCUT2D eigenvalue weighted by molar-refractivity contribution is 6.07. The van der Waals surface area contributed by atoms with Crippen LogP contribution in [0.15, 0.2) is 42.5 Å². The van der Waals surface area contributed by atoms with E-state index in [1.807, 2.05) is 0 Å². The minimum atomic E-state index is -3.18. The molecule has 2 aromatic rings. The van der Waals surface area contributed by atoms with E-state index in [1.165, 1.54) is 24.3 Å². The first-order chi connectivity index (χ1) is 13.4. The van der Waals surface area contributed by atoms with E-state index >= 15 is 0 Å². The Hall–Kier alpha value is -3.23. The summed E-state index contributed by atoms with van der Waals surface area (Å²) in [5.74, 6) is -0.219. The highest BCUT2D eigenvalue weighted by atomic mass is 19.3. The Morgan fingerprint density at radius 1 is 0.929 bits per heavy atom. The van der Waals surface area contributed by atoms with Crippen LogP contribution in [0.2, 0.25) is 0 Å². The molecule has 0 fully saturated rings. The second-order valence-corrected chi connectivity index (χ2v) is 5.51. The minimum absolute atomic E-state index is 0.0906. The van der Waals surface area contributed by atoms with Crippen molar-refractivity contribution in [1.82, 2.24) is 0 Å². The van der Waals surface area contributed by atoms with Gasteiger partial charge in [-0.25, -0.2) is 0 Å². The smallest absolute Gasteiger partial charge is 0.387 e. The maximum Gasteiger partial charge on any atom is 0.387 e. The summed E-state index contributed by atoms with van der Waals surface area (Å²) in [4.78, 5) is 12.4. The van der Waals surface area contributed by atoms with Crippen molar-refractivity contribution in [2.45, 2.75) is 13.2 Å². The number of allylic oxidation sites excluding steroid dienone is 1. The Morgan fingerprint density at radius 3 is 2.36 bits per heavy atom. The average Bonchev–Trinajstić information content (AvgIpc) is 2.66. The number of ether oxygens (including phenoxy) is 4. The van der Waals surface area contributed by atoms with Crippen molar-refractivity contribution in [2.24, 2.45) is 0 Å². The number of hydrogen-bond acceptors (Lipinski definition) is 5. The molecule has 0 spiro atoms. The zero-order chi connectivity index (χ0) is 20.1. The van der Waals surface area contributed by atoms with Crippen molar-refractivity contribution in [1.29, 1.82) is 0 Å². The molecule has 0 radical (unpaired) electrons. The van der Waals surface area contributed by atoms with E-state index in [9.17, 15) is 22.4 Å². The Labute approximate surface area is 157 Å². The van der Waals surface area contributed by atoms with Crippen LogP contribution < -0.4 is 18.9 Å². The van der Waals surface area contributed by atoms with Gasteiger partial charge in [0.2, 0.25) is 0 Å². The van der Waals surface area contributed by atoms with Crippen molar-refractivity contribution in [2.75, 3.05) is 13.2 Å². The van der Waals surface area contributed by atoms with Crippen molar-refractivity contribution < 1.29 is 41.3 Å². The molecule has 0 amide bonds. The first kappa shape index (κ1) is 19.5. The van der Waals surface area contributed by atoms with Crippen LogP contribution in [-0.2, 0) is 0 Å². The predicted octanol–water partition coefficient (Wildman–Crippen LogP) is 4.56. The van der Waals surface area contributed by atoms with Crippen molar-refractivity contribution >= 4 is 11.9 Å². The molecule has 0 saturated heterocycles. The largest absolute Gasteiger partial charge is 0.486 e. The highest BCUT2D eigenvalue weighted by Gasteiger charge is 2.15. The van der Waals surface area contributed by atoms with Gasteiger partial charge in [-0.1, -0.05) is 0 Å². The second kappa shape index (κ2) is 8.64. The van der Waals surface area contributed by atoms with E-state index in [0.29, 0.717) is 30.3 Å². The molecule has 1 aliphatic rings. The maximum absolute atomic E-state index is 12.6. The molecule has 0 unspecified atom stereocenters. The fraction of sp³-hybridized carbons (Fsp3) is 0.211. The van der Waals surface area contributed by atoms with E-state index in [2.05, 4.69) is 9.47 Å². The zero-order valence-corrected chi connectivity index (χ0v) is 14.2. The standard InChI is InChI=1S/C19H14F4O5/c20-18(21)27-13-4-1-11(16(10-13)28-19(22)23)2-5-14(24)12-3-6-15-17(9-12)26-8-7-25-15/h1-6,9-10,18-19H,7-8H2/b5-2+. The molecule has 0 aliphatic carbocycles. The molecule has 9 heteroatoms. The predicted molar refractivity (Wildman–Crippen MR) is 90.5 cm³/mol. The molecule has 0 aromatic heterocycles. The SMILES string of the molecule is O=C(/C=C/c1ccc(OC(F)F)cc1OC(F)F)c1ccc2c(c1)OCCO2. The summed E-state index contributed by atoms with van der Waals surface area (Å²) in [6.07, 6.45) is 2.38. The van der Waals surface area contributed by atoms with Crippen molar-refractivity contribution in [3.05, 3.63) is 53.6 Å². The summed E-state index contributed by atoms with van der Waals surface area (Å²) in [6.45, 7) is -5.51. The van der Waals surface area contributed by atoms with Gasteiger partial charge in [0.1, 0.15) is 24.7 Å². The van der Waals surface area contributed by atoms with Gasteiger partial charge in [0.25, 0.3) is 0 Å². The summed E-state index contributed by atoms with van der Waals surface area (Å²) < 4.78 is 69.0. The van der Waals surface area contributed by atoms with E-state index in [0.717, 1.165) is 18.2 Å². The third-order valence-corrected chi connectivity index (χ3v) is 3.67. The molecule has 3 rings (SSSR count). The first-order valence-electron chi connectivity index (χ1n) is 8.08. The molecule has 28 heavy (non-hydrogen) atoms. The molecular formula is C19H14F4O5. The number of alkyl halides is 4. The summed E-state index contributed by atoms with van der Waals surface area (Å²) in [6, 6.07) is 7.92. The van der Waals surface area contributed by atoms with Crippen LogP contribution in [0, 0.1) is 0 Å². The van der Waals surface area contributed by atoms with Crippen molar-refractivity contribution in [3.8, 4) is 23.0 Å². The van der Waals surface area contributed by atoms with Crippen molar-refractivity contribution in [3.63, 3.8) is 0 Å². The molecule has 0 N–H and O–H groups in total. The molecule has 0 atom stereocenters. The lowest BCUT2D eigenvalue weighted by Gasteiger charge is -2.18. The van der Waals surface area contributed by atoms with Crippen LogP contribution >= 0.6 is 0 Å². The van der Waals surface area contributed by atoms with E-state index < -0.39 is 24.8 Å². The minimum Gasteiger partial charge on any atom is -0.486 e. The number of ketones is 1. The Morgan fingerprint density at radius 2 is 1.64 bits per heavy atom. The Balaban J connectivity index is 1.81. The van der Waals surface area contributed by atoms with Gasteiger partial charge in [0, 0.05) is 17.2 Å². The van der Waals surface area contributed by atoms with Crippen LogP contribution in [0.5, 0.6) is 23.0 Å². The number of hydrogen-bond donors (Lipinski definition) is 0. The monoisotopic (exact) mass is 398 g/mol. The molecular weight excluding hydrogens is 384 g/mol. The normalized spacial score (nSPS) is 13.2. The van der Waals surface area contributed by atoms with Gasteiger partial charge < -0.3 is 18.9 Å². The van der Waals surface area contributed by atoms with Crippen LogP contribution in [-0.4, -0.2) is 32.2 Å². The number of benzene rings is 2. The number of halogens is 4. The van der Waals surface area contributed by atoms with E-state index in [1.54, 1.807) is 6.07 Å².